The zero-order chi connectivity index (χ0) is 21.8. The van der Waals surface area contributed by atoms with Crippen LogP contribution in [0.2, 0.25) is 0 Å². The van der Waals surface area contributed by atoms with Crippen molar-refractivity contribution < 1.29 is 9.18 Å². The van der Waals surface area contributed by atoms with Crippen LogP contribution in [0.1, 0.15) is 60.4 Å². The summed E-state index contributed by atoms with van der Waals surface area (Å²) in [5.41, 5.74) is 2.74. The third kappa shape index (κ3) is 4.61. The highest BCUT2D eigenvalue weighted by Crippen LogP contribution is 2.37. The highest BCUT2D eigenvalue weighted by molar-refractivity contribution is 6.06. The van der Waals surface area contributed by atoms with Gasteiger partial charge in [0.25, 0.3) is 5.91 Å². The highest BCUT2D eigenvalue weighted by Gasteiger charge is 2.24. The molecule has 4 rings (SSSR count). The molecule has 7 heteroatoms. The predicted molar refractivity (Wildman–Crippen MR) is 119 cm³/mol. The van der Waals surface area contributed by atoms with Crippen LogP contribution in [0.5, 0.6) is 0 Å². The van der Waals surface area contributed by atoms with E-state index in [1.165, 1.54) is 18.5 Å². The molecule has 2 aromatic heterocycles. The van der Waals surface area contributed by atoms with Gasteiger partial charge in [-0.15, -0.1) is 0 Å². The van der Waals surface area contributed by atoms with Crippen LogP contribution in [-0.4, -0.2) is 33.9 Å². The largest absolute Gasteiger partial charge is 0.320 e. The topological polar surface area (TPSA) is 79.8 Å². The number of amides is 1. The Morgan fingerprint density at radius 1 is 1.06 bits per heavy atom. The second-order valence-electron chi connectivity index (χ2n) is 8.06. The van der Waals surface area contributed by atoms with E-state index in [0.29, 0.717) is 28.2 Å². The van der Waals surface area contributed by atoms with Gasteiger partial charge in [0.1, 0.15) is 11.6 Å². The molecule has 1 aliphatic heterocycles. The average Bonchev–Trinajstić information content (AvgIpc) is 2.80. The lowest BCUT2D eigenvalue weighted by Gasteiger charge is -2.25. The molecule has 1 aromatic carbocycles. The molecule has 0 saturated carbocycles. The van der Waals surface area contributed by atoms with E-state index in [0.717, 1.165) is 31.6 Å². The summed E-state index contributed by atoms with van der Waals surface area (Å²) in [5, 5.41) is 6.35. The van der Waals surface area contributed by atoms with Crippen LogP contribution in [-0.2, 0) is 0 Å². The van der Waals surface area contributed by atoms with Crippen molar-refractivity contribution in [1.82, 2.24) is 20.3 Å². The van der Waals surface area contributed by atoms with Crippen molar-refractivity contribution in [2.45, 2.75) is 38.5 Å². The Hall–Kier alpha value is -3.19. The molecule has 2 N–H and O–H groups in total. The van der Waals surface area contributed by atoms with Crippen molar-refractivity contribution in [3.8, 4) is 11.1 Å². The number of nitrogens with zero attached hydrogens (tertiary/aromatic N) is 3. The Bertz CT molecular complexity index is 1060. The molecule has 1 saturated heterocycles. The number of piperidine rings is 1. The van der Waals surface area contributed by atoms with Crippen LogP contribution < -0.4 is 10.6 Å². The Kier molecular flexibility index (Phi) is 6.32. The first-order valence-corrected chi connectivity index (χ1v) is 10.6. The molecule has 0 spiro atoms. The maximum Gasteiger partial charge on any atom is 0.258 e. The fourth-order valence-electron chi connectivity index (χ4n) is 3.86. The Labute approximate surface area is 181 Å². The minimum Gasteiger partial charge on any atom is -0.320 e. The molecule has 1 aliphatic rings. The van der Waals surface area contributed by atoms with Crippen LogP contribution >= 0.6 is 0 Å². The zero-order valence-electron chi connectivity index (χ0n) is 17.7. The quantitative estimate of drug-likeness (QED) is 0.636. The summed E-state index contributed by atoms with van der Waals surface area (Å²) < 4.78 is 14.6. The van der Waals surface area contributed by atoms with Gasteiger partial charge >= 0.3 is 0 Å². The molecule has 160 valence electrons. The van der Waals surface area contributed by atoms with Gasteiger partial charge in [-0.3, -0.25) is 9.78 Å². The summed E-state index contributed by atoms with van der Waals surface area (Å²) in [7, 11) is 0. The van der Waals surface area contributed by atoms with E-state index in [1.54, 1.807) is 30.5 Å². The lowest BCUT2D eigenvalue weighted by Crippen LogP contribution is -2.28. The van der Waals surface area contributed by atoms with E-state index in [9.17, 15) is 9.18 Å². The van der Waals surface area contributed by atoms with Crippen molar-refractivity contribution >= 4 is 11.6 Å². The number of rotatable bonds is 5. The first-order chi connectivity index (χ1) is 15.0. The van der Waals surface area contributed by atoms with Gasteiger partial charge < -0.3 is 10.6 Å². The van der Waals surface area contributed by atoms with Crippen LogP contribution in [0, 0.1) is 5.82 Å². The van der Waals surface area contributed by atoms with E-state index in [4.69, 9.17) is 0 Å². The maximum atomic E-state index is 14.6. The minimum atomic E-state index is -0.343. The molecule has 0 aliphatic carbocycles. The molecule has 1 amide bonds. The van der Waals surface area contributed by atoms with Gasteiger partial charge in [0.15, 0.2) is 0 Å². The van der Waals surface area contributed by atoms with Gasteiger partial charge in [0.05, 0.1) is 16.9 Å². The van der Waals surface area contributed by atoms with E-state index in [-0.39, 0.29) is 23.6 Å². The monoisotopic (exact) mass is 419 g/mol. The maximum absolute atomic E-state index is 14.6. The molecule has 31 heavy (non-hydrogen) atoms. The molecule has 0 bridgehead atoms. The number of nitrogens with one attached hydrogen (secondary N) is 2. The van der Waals surface area contributed by atoms with Crippen molar-refractivity contribution in [1.29, 1.82) is 0 Å². The predicted octanol–water partition coefficient (Wildman–Crippen LogP) is 4.52. The summed E-state index contributed by atoms with van der Waals surface area (Å²) in [4.78, 5) is 26.3. The summed E-state index contributed by atoms with van der Waals surface area (Å²) in [6.07, 6.45) is 6.56. The van der Waals surface area contributed by atoms with Crippen LogP contribution in [0.15, 0.2) is 48.9 Å². The number of halogens is 1. The lowest BCUT2D eigenvalue weighted by molar-refractivity contribution is 0.102. The van der Waals surface area contributed by atoms with Crippen molar-refractivity contribution in [3.63, 3.8) is 0 Å². The second kappa shape index (κ2) is 9.31. The zero-order valence-corrected chi connectivity index (χ0v) is 17.7. The van der Waals surface area contributed by atoms with Crippen LogP contribution in [0.25, 0.3) is 11.1 Å². The number of hydrogen-bond donors (Lipinski definition) is 2. The molecule has 0 atom stereocenters. The summed E-state index contributed by atoms with van der Waals surface area (Å²) in [5.74, 6) is 0.360. The number of hydrogen-bond acceptors (Lipinski definition) is 5. The summed E-state index contributed by atoms with van der Waals surface area (Å²) in [6.45, 7) is 5.76. The van der Waals surface area contributed by atoms with Gasteiger partial charge in [-0.25, -0.2) is 14.4 Å². The summed E-state index contributed by atoms with van der Waals surface area (Å²) >= 11 is 0. The van der Waals surface area contributed by atoms with Crippen LogP contribution in [0.3, 0.4) is 0 Å². The van der Waals surface area contributed by atoms with E-state index >= 15 is 0 Å². The molecule has 3 aromatic rings. The third-order valence-electron chi connectivity index (χ3n) is 5.56. The minimum absolute atomic E-state index is 0.176. The van der Waals surface area contributed by atoms with E-state index in [1.807, 2.05) is 13.8 Å². The molecule has 3 heterocycles. The smallest absolute Gasteiger partial charge is 0.258 e. The van der Waals surface area contributed by atoms with E-state index < -0.39 is 0 Å². The van der Waals surface area contributed by atoms with Gasteiger partial charge in [-0.2, -0.15) is 0 Å². The first kappa shape index (κ1) is 21.1. The number of anilines is 1. The summed E-state index contributed by atoms with van der Waals surface area (Å²) in [6, 6.07) is 8.32. The number of carbonyl (C=O) groups is 1. The molecule has 0 unspecified atom stereocenters. The van der Waals surface area contributed by atoms with Crippen molar-refractivity contribution in [2.75, 3.05) is 18.4 Å². The van der Waals surface area contributed by atoms with Gasteiger partial charge in [0.2, 0.25) is 0 Å². The molecule has 1 fully saturated rings. The van der Waals surface area contributed by atoms with Crippen molar-refractivity contribution in [2.24, 2.45) is 0 Å². The SMILES string of the molecule is CC(C)c1ncc(C(=O)Nc2c(-c3ccccc3F)ccnc2C2CCNCC2)cn1. The van der Waals surface area contributed by atoms with Crippen LogP contribution in [0.4, 0.5) is 10.1 Å². The van der Waals surface area contributed by atoms with E-state index in [2.05, 4.69) is 25.6 Å². The standard InChI is InChI=1S/C24H26FN5O/c1-15(2)23-28-13-17(14-29-23)24(31)30-22-19(18-5-3-4-6-20(18)25)9-12-27-21(22)16-7-10-26-11-8-16/h3-6,9,12-16,26H,7-8,10-11H2,1-2H3,(H,30,31). The van der Waals surface area contributed by atoms with Crippen molar-refractivity contribution in [3.05, 3.63) is 71.8 Å². The fraction of sp³-hybridized carbons (Fsp3) is 0.333. The number of benzene rings is 1. The number of carbonyl (C=O) groups excluding carboxylic acids is 1. The molecule has 0 radical (unpaired) electrons. The fourth-order valence-corrected chi connectivity index (χ4v) is 3.86. The number of aromatic nitrogens is 3. The normalized spacial score (nSPS) is 14.6. The second-order valence-corrected chi connectivity index (χ2v) is 8.06. The van der Waals surface area contributed by atoms with Gasteiger partial charge in [-0.05, 0) is 38.1 Å². The Morgan fingerprint density at radius 3 is 2.45 bits per heavy atom. The van der Waals surface area contributed by atoms with Gasteiger partial charge in [0, 0.05) is 41.6 Å². The molecular weight excluding hydrogens is 393 g/mol. The lowest BCUT2D eigenvalue weighted by atomic mass is 9.90. The molecular formula is C24H26FN5O. The Morgan fingerprint density at radius 2 is 1.77 bits per heavy atom. The highest BCUT2D eigenvalue weighted by atomic mass is 19.1. The molecule has 6 nitrogen and oxygen atoms in total. The average molecular weight is 420 g/mol. The first-order valence-electron chi connectivity index (χ1n) is 10.6. The number of pyridine rings is 1. The third-order valence-corrected chi connectivity index (χ3v) is 5.56. The van der Waals surface area contributed by atoms with Gasteiger partial charge in [-0.1, -0.05) is 32.0 Å². The Balaban J connectivity index is 1.74.